The number of thioether (sulfide) groups is 1. The van der Waals surface area contributed by atoms with Gasteiger partial charge in [0.05, 0.1) is 0 Å². The van der Waals surface area contributed by atoms with Crippen LogP contribution in [0, 0.1) is 35.5 Å². The molecule has 4 aliphatic carbocycles. The third kappa shape index (κ3) is 5.32. The lowest BCUT2D eigenvalue weighted by Gasteiger charge is -2.28. The van der Waals surface area contributed by atoms with E-state index in [1.165, 1.54) is 51.4 Å². The Morgan fingerprint density at radius 3 is 1.55 bits per heavy atom. The van der Waals surface area contributed by atoms with Gasteiger partial charge in [-0.05, 0) is 87.9 Å². The van der Waals surface area contributed by atoms with Crippen molar-refractivity contribution in [1.82, 2.24) is 10.6 Å². The fraction of sp³-hybridized carbons (Fsp3) is 0.917. The number of carbonyl (C=O) groups excluding carboxylic acids is 2. The predicted molar refractivity (Wildman–Crippen MR) is 120 cm³/mol. The highest BCUT2D eigenvalue weighted by Crippen LogP contribution is 2.50. The van der Waals surface area contributed by atoms with Crippen molar-refractivity contribution in [2.75, 3.05) is 11.5 Å². The Kier molecular flexibility index (Phi) is 7.14. The maximum atomic E-state index is 12.3. The van der Waals surface area contributed by atoms with Crippen LogP contribution in [0.5, 0.6) is 0 Å². The van der Waals surface area contributed by atoms with Crippen molar-refractivity contribution in [2.24, 2.45) is 35.5 Å². The van der Waals surface area contributed by atoms with Gasteiger partial charge < -0.3 is 10.6 Å². The molecule has 164 valence electrons. The zero-order valence-electron chi connectivity index (χ0n) is 18.3. The van der Waals surface area contributed by atoms with Gasteiger partial charge in [0.25, 0.3) is 0 Å². The molecule has 29 heavy (non-hydrogen) atoms. The molecule has 4 nitrogen and oxygen atoms in total. The van der Waals surface area contributed by atoms with Crippen LogP contribution in [-0.4, -0.2) is 35.4 Å². The second-order valence-corrected chi connectivity index (χ2v) is 11.7. The summed E-state index contributed by atoms with van der Waals surface area (Å²) in [7, 11) is 0. The number of rotatable bonds is 10. The lowest BCUT2D eigenvalue weighted by Crippen LogP contribution is -2.40. The Hall–Kier alpha value is -0.710. The molecule has 4 bridgehead atoms. The molecule has 4 rings (SSSR count). The topological polar surface area (TPSA) is 58.2 Å². The molecular weight excluding hydrogens is 380 g/mol. The Morgan fingerprint density at radius 1 is 0.759 bits per heavy atom. The molecule has 8 atom stereocenters. The molecule has 0 heterocycles. The summed E-state index contributed by atoms with van der Waals surface area (Å²) in [4.78, 5) is 24.5. The molecule has 4 fully saturated rings. The Balaban J connectivity index is 1.04. The number of nitrogens with one attached hydrogen (secondary N) is 2. The SMILES string of the molecule is CC(NC(=O)CCSCCC(=O)NC(C)C1CC2CCC1C2)C1CC2CCC1C2. The van der Waals surface area contributed by atoms with Gasteiger partial charge in [-0.2, -0.15) is 11.8 Å². The summed E-state index contributed by atoms with van der Waals surface area (Å²) in [5, 5.41) is 6.49. The first-order valence-electron chi connectivity index (χ1n) is 12.2. The van der Waals surface area contributed by atoms with Crippen LogP contribution in [0.25, 0.3) is 0 Å². The molecule has 0 aromatic carbocycles. The van der Waals surface area contributed by atoms with E-state index in [2.05, 4.69) is 24.5 Å². The van der Waals surface area contributed by atoms with Crippen LogP contribution in [0.15, 0.2) is 0 Å². The van der Waals surface area contributed by atoms with E-state index in [1.807, 2.05) is 0 Å². The van der Waals surface area contributed by atoms with Crippen LogP contribution in [0.2, 0.25) is 0 Å². The molecule has 4 saturated carbocycles. The molecule has 4 aliphatic rings. The quantitative estimate of drug-likeness (QED) is 0.516. The van der Waals surface area contributed by atoms with E-state index in [1.54, 1.807) is 11.8 Å². The number of carbonyl (C=O) groups is 2. The zero-order chi connectivity index (χ0) is 20.4. The highest BCUT2D eigenvalue weighted by molar-refractivity contribution is 7.99. The predicted octanol–water partition coefficient (Wildman–Crippen LogP) is 4.38. The summed E-state index contributed by atoms with van der Waals surface area (Å²) in [5.41, 5.74) is 0. The summed E-state index contributed by atoms with van der Waals surface area (Å²) in [6.07, 6.45) is 12.1. The smallest absolute Gasteiger partial charge is 0.221 e. The minimum Gasteiger partial charge on any atom is -0.353 e. The Morgan fingerprint density at radius 2 is 1.21 bits per heavy atom. The number of amides is 2. The van der Waals surface area contributed by atoms with Gasteiger partial charge >= 0.3 is 0 Å². The molecule has 0 saturated heterocycles. The van der Waals surface area contributed by atoms with Crippen LogP contribution in [0.1, 0.15) is 78.1 Å². The Labute approximate surface area is 181 Å². The fourth-order valence-electron chi connectivity index (χ4n) is 7.11. The maximum absolute atomic E-state index is 12.3. The molecule has 0 aliphatic heterocycles. The average molecular weight is 421 g/mol. The molecular formula is C24H40N2O2S. The number of hydrogen-bond donors (Lipinski definition) is 2. The van der Waals surface area contributed by atoms with E-state index >= 15 is 0 Å². The van der Waals surface area contributed by atoms with Crippen LogP contribution in [0.4, 0.5) is 0 Å². The monoisotopic (exact) mass is 420 g/mol. The first-order valence-corrected chi connectivity index (χ1v) is 13.3. The largest absolute Gasteiger partial charge is 0.353 e. The number of hydrogen-bond acceptors (Lipinski definition) is 3. The minimum absolute atomic E-state index is 0.183. The zero-order valence-corrected chi connectivity index (χ0v) is 19.1. The first-order chi connectivity index (χ1) is 14.0. The van der Waals surface area contributed by atoms with Gasteiger partial charge in [-0.15, -0.1) is 0 Å². The minimum atomic E-state index is 0.183. The first kappa shape index (κ1) is 21.5. The summed E-state index contributed by atoms with van der Waals surface area (Å²) in [6.45, 7) is 4.39. The Bertz CT molecular complexity index is 547. The van der Waals surface area contributed by atoms with E-state index in [-0.39, 0.29) is 11.8 Å². The normalized spacial score (nSPS) is 36.9. The third-order valence-electron chi connectivity index (χ3n) is 8.59. The van der Waals surface area contributed by atoms with Crippen LogP contribution >= 0.6 is 11.8 Å². The van der Waals surface area contributed by atoms with Crippen molar-refractivity contribution in [3.8, 4) is 0 Å². The summed E-state index contributed by atoms with van der Waals surface area (Å²) < 4.78 is 0. The van der Waals surface area contributed by atoms with E-state index in [0.717, 1.165) is 35.2 Å². The average Bonchev–Trinajstić information content (AvgIpc) is 3.48. The third-order valence-corrected chi connectivity index (χ3v) is 9.58. The summed E-state index contributed by atoms with van der Waals surface area (Å²) >= 11 is 1.73. The lowest BCUT2D eigenvalue weighted by atomic mass is 9.84. The van der Waals surface area contributed by atoms with Crippen molar-refractivity contribution < 1.29 is 9.59 Å². The molecule has 0 aromatic heterocycles. The lowest BCUT2D eigenvalue weighted by molar-refractivity contribution is -0.122. The van der Waals surface area contributed by atoms with Crippen LogP contribution < -0.4 is 10.6 Å². The van der Waals surface area contributed by atoms with Gasteiger partial charge in [-0.1, -0.05) is 12.8 Å². The van der Waals surface area contributed by atoms with Crippen molar-refractivity contribution in [3.63, 3.8) is 0 Å². The highest BCUT2D eigenvalue weighted by Gasteiger charge is 2.43. The van der Waals surface area contributed by atoms with Crippen molar-refractivity contribution in [3.05, 3.63) is 0 Å². The maximum Gasteiger partial charge on any atom is 0.221 e. The van der Waals surface area contributed by atoms with E-state index in [9.17, 15) is 9.59 Å². The van der Waals surface area contributed by atoms with Gasteiger partial charge in [0, 0.05) is 36.4 Å². The molecule has 8 unspecified atom stereocenters. The van der Waals surface area contributed by atoms with Crippen LogP contribution in [-0.2, 0) is 9.59 Å². The molecule has 0 radical (unpaired) electrons. The summed E-state index contributed by atoms with van der Waals surface area (Å²) in [5.74, 6) is 6.95. The van der Waals surface area contributed by atoms with Gasteiger partial charge in [0.1, 0.15) is 0 Å². The molecule has 2 N–H and O–H groups in total. The van der Waals surface area contributed by atoms with E-state index in [0.29, 0.717) is 36.8 Å². The van der Waals surface area contributed by atoms with Gasteiger partial charge in [-0.25, -0.2) is 0 Å². The second-order valence-electron chi connectivity index (χ2n) is 10.5. The second kappa shape index (κ2) is 9.62. The molecule has 2 amide bonds. The number of fused-ring (bicyclic) bond motifs is 4. The fourth-order valence-corrected chi connectivity index (χ4v) is 7.97. The van der Waals surface area contributed by atoms with Crippen molar-refractivity contribution in [1.29, 1.82) is 0 Å². The van der Waals surface area contributed by atoms with Gasteiger partial charge in [-0.3, -0.25) is 9.59 Å². The van der Waals surface area contributed by atoms with E-state index in [4.69, 9.17) is 0 Å². The standard InChI is InChI=1S/C24H40N2O2S/c1-15(21-13-17-3-5-19(21)11-17)25-23(27)7-9-29-10-8-24(28)26-16(2)22-14-18-4-6-20(22)12-18/h15-22H,3-14H2,1-2H3,(H,25,27)(H,26,28). The van der Waals surface area contributed by atoms with Gasteiger partial charge in [0.2, 0.25) is 11.8 Å². The molecule has 0 aromatic rings. The van der Waals surface area contributed by atoms with Crippen molar-refractivity contribution in [2.45, 2.75) is 90.1 Å². The van der Waals surface area contributed by atoms with Crippen molar-refractivity contribution >= 4 is 23.6 Å². The van der Waals surface area contributed by atoms with Gasteiger partial charge in [0.15, 0.2) is 0 Å². The molecule has 5 heteroatoms. The van der Waals surface area contributed by atoms with Crippen LogP contribution in [0.3, 0.4) is 0 Å². The van der Waals surface area contributed by atoms with E-state index < -0.39 is 0 Å². The summed E-state index contributed by atoms with van der Waals surface area (Å²) in [6, 6.07) is 0.641. The highest BCUT2D eigenvalue weighted by atomic mass is 32.2. The molecule has 0 spiro atoms.